The number of ether oxygens (including phenoxy) is 3. The van der Waals surface area contributed by atoms with Crippen molar-refractivity contribution in [1.82, 2.24) is 0 Å². The van der Waals surface area contributed by atoms with Crippen molar-refractivity contribution in [2.75, 3.05) is 19.8 Å². The number of hydrogen-bond acceptors (Lipinski definition) is 3. The molecule has 0 unspecified atom stereocenters. The number of rotatable bonds is 15. The number of unbranched alkanes of at least 4 members (excludes halogenated alkanes) is 7. The van der Waals surface area contributed by atoms with E-state index in [0.29, 0.717) is 30.7 Å². The van der Waals surface area contributed by atoms with E-state index in [1.165, 1.54) is 102 Å². The molecule has 0 radical (unpaired) electrons. The largest absolute Gasteiger partial charge is 0.366 e. The Kier molecular flexibility index (Phi) is 10.9. The summed E-state index contributed by atoms with van der Waals surface area (Å²) in [4.78, 5) is 0. The molecule has 3 aliphatic carbocycles. The molecule has 1 saturated heterocycles. The predicted octanol–water partition coefficient (Wildman–Crippen LogP) is 9.21. The number of fused-ring (bicyclic) bond motifs is 3. The average molecular weight is 497 g/mol. The van der Waals surface area contributed by atoms with E-state index in [1.54, 1.807) is 5.56 Å². The van der Waals surface area contributed by atoms with Gasteiger partial charge in [0.2, 0.25) is 0 Å². The van der Waals surface area contributed by atoms with Crippen LogP contribution in [-0.2, 0) is 19.6 Å². The minimum atomic E-state index is -0.254. The lowest BCUT2D eigenvalue weighted by Crippen LogP contribution is -2.44. The summed E-state index contributed by atoms with van der Waals surface area (Å²) in [6.07, 6.45) is 26.1. The Morgan fingerprint density at radius 3 is 2.14 bits per heavy atom. The summed E-state index contributed by atoms with van der Waals surface area (Å²) in [6.45, 7) is 6.21. The molecule has 4 fully saturated rings. The van der Waals surface area contributed by atoms with Gasteiger partial charge < -0.3 is 14.2 Å². The van der Waals surface area contributed by atoms with Gasteiger partial charge in [0.1, 0.15) is 6.10 Å². The van der Waals surface area contributed by atoms with Crippen molar-refractivity contribution in [2.24, 2.45) is 5.41 Å². The molecule has 1 heterocycles. The monoisotopic (exact) mass is 496 g/mol. The Hall–Kier alpha value is -1.16. The van der Waals surface area contributed by atoms with E-state index >= 15 is 0 Å². The van der Waals surface area contributed by atoms with Crippen LogP contribution in [0.25, 0.3) is 0 Å². The van der Waals surface area contributed by atoms with Gasteiger partial charge in [-0.05, 0) is 79.7 Å². The van der Waals surface area contributed by atoms with Gasteiger partial charge in [0, 0.05) is 0 Å². The molecule has 3 heteroatoms. The van der Waals surface area contributed by atoms with Crippen molar-refractivity contribution in [1.29, 1.82) is 0 Å². The van der Waals surface area contributed by atoms with Gasteiger partial charge >= 0.3 is 0 Å². The zero-order chi connectivity index (χ0) is 25.1. The minimum Gasteiger partial charge on any atom is -0.366 e. The van der Waals surface area contributed by atoms with Crippen molar-refractivity contribution in [3.8, 4) is 0 Å². The standard InChI is InChI=1S/C33H52O3/c1-3-5-7-9-11-13-25-34-31-27-35-30(26-36-31)28-14-16-29(17-15-28)33-22-19-32(20-23-33,21-24-33)18-12-10-8-6-4-2/h11,13-17,30-31H,3-10,12,18-27H2,1-2H3/b13-11+/t30-,31+,32?,33?/m1/s1. The van der Waals surface area contributed by atoms with Crippen LogP contribution >= 0.6 is 0 Å². The van der Waals surface area contributed by atoms with Crippen LogP contribution in [-0.4, -0.2) is 26.1 Å². The van der Waals surface area contributed by atoms with Crippen LogP contribution in [0.2, 0.25) is 0 Å². The van der Waals surface area contributed by atoms with Crippen LogP contribution in [0.1, 0.15) is 134 Å². The van der Waals surface area contributed by atoms with Crippen LogP contribution in [0.3, 0.4) is 0 Å². The van der Waals surface area contributed by atoms with Gasteiger partial charge in [-0.3, -0.25) is 0 Å². The van der Waals surface area contributed by atoms with Crippen molar-refractivity contribution >= 4 is 0 Å². The molecular formula is C33H52O3. The molecule has 4 aliphatic rings. The van der Waals surface area contributed by atoms with Gasteiger partial charge in [-0.2, -0.15) is 0 Å². The van der Waals surface area contributed by atoms with Crippen molar-refractivity contribution in [2.45, 2.75) is 134 Å². The van der Waals surface area contributed by atoms with E-state index < -0.39 is 0 Å². The highest BCUT2D eigenvalue weighted by Gasteiger charge is 2.48. The van der Waals surface area contributed by atoms with E-state index in [1.807, 2.05) is 0 Å². The lowest BCUT2D eigenvalue weighted by molar-refractivity contribution is -0.232. The zero-order valence-electron chi connectivity index (χ0n) is 23.3. The first-order valence-corrected chi connectivity index (χ1v) is 15.3. The fourth-order valence-electron chi connectivity index (χ4n) is 6.86. The van der Waals surface area contributed by atoms with Crippen LogP contribution in [0.4, 0.5) is 0 Å². The van der Waals surface area contributed by atoms with Crippen LogP contribution < -0.4 is 0 Å². The van der Waals surface area contributed by atoms with Crippen LogP contribution in [0.5, 0.6) is 0 Å². The van der Waals surface area contributed by atoms with E-state index in [-0.39, 0.29) is 12.4 Å². The molecule has 0 spiro atoms. The van der Waals surface area contributed by atoms with E-state index in [2.05, 4.69) is 50.3 Å². The van der Waals surface area contributed by atoms with Gasteiger partial charge in [-0.1, -0.05) is 95.2 Å². The molecule has 3 saturated carbocycles. The molecule has 36 heavy (non-hydrogen) atoms. The maximum atomic E-state index is 6.13. The SMILES string of the molecule is CCCCC/C=C/CO[C@@H]1CO[C@@H](c2ccc(C34CCC(CCCCCCC)(CC3)CC4)cc2)CO1. The normalized spacial score (nSPS) is 30.3. The van der Waals surface area contributed by atoms with Crippen LogP contribution in [0.15, 0.2) is 36.4 Å². The molecule has 3 nitrogen and oxygen atoms in total. The maximum Gasteiger partial charge on any atom is 0.181 e. The molecule has 202 valence electrons. The Bertz CT molecular complexity index is 750. The number of allylic oxidation sites excluding steroid dienone is 1. The Labute approximate surface area is 221 Å². The molecule has 1 aliphatic heterocycles. The summed E-state index contributed by atoms with van der Waals surface area (Å²) in [5, 5.41) is 0. The van der Waals surface area contributed by atoms with Gasteiger partial charge in [-0.25, -0.2) is 0 Å². The van der Waals surface area contributed by atoms with Crippen molar-refractivity contribution < 1.29 is 14.2 Å². The topological polar surface area (TPSA) is 27.7 Å². The highest BCUT2D eigenvalue weighted by molar-refractivity contribution is 5.32. The molecule has 0 amide bonds. The molecule has 2 atom stereocenters. The Morgan fingerprint density at radius 2 is 1.47 bits per heavy atom. The van der Waals surface area contributed by atoms with Gasteiger partial charge in [0.25, 0.3) is 0 Å². The lowest BCUT2D eigenvalue weighted by Gasteiger charge is -2.54. The summed E-state index contributed by atoms with van der Waals surface area (Å²) >= 11 is 0. The fourth-order valence-corrected chi connectivity index (χ4v) is 6.86. The third kappa shape index (κ3) is 7.45. The van der Waals surface area contributed by atoms with E-state index in [0.717, 1.165) is 6.42 Å². The highest BCUT2D eigenvalue weighted by atomic mass is 16.7. The minimum absolute atomic E-state index is 0.0130. The summed E-state index contributed by atoms with van der Waals surface area (Å²) < 4.78 is 17.9. The molecule has 0 aromatic heterocycles. The maximum absolute atomic E-state index is 6.13. The lowest BCUT2D eigenvalue weighted by atomic mass is 9.51. The first kappa shape index (κ1) is 27.9. The fraction of sp³-hybridized carbons (Fsp3) is 0.758. The predicted molar refractivity (Wildman–Crippen MR) is 149 cm³/mol. The average Bonchev–Trinajstić information content (AvgIpc) is 2.94. The van der Waals surface area contributed by atoms with E-state index in [9.17, 15) is 0 Å². The first-order valence-electron chi connectivity index (χ1n) is 15.3. The summed E-state index contributed by atoms with van der Waals surface area (Å²) in [6, 6.07) is 9.38. The second kappa shape index (κ2) is 14.1. The Morgan fingerprint density at radius 1 is 0.778 bits per heavy atom. The molecule has 1 aromatic rings. The Balaban J connectivity index is 1.18. The molecule has 2 bridgehead atoms. The smallest absolute Gasteiger partial charge is 0.181 e. The second-order valence-corrected chi connectivity index (χ2v) is 12.0. The molecular weight excluding hydrogens is 444 g/mol. The van der Waals surface area contributed by atoms with Crippen molar-refractivity contribution in [3.05, 3.63) is 47.5 Å². The summed E-state index contributed by atoms with van der Waals surface area (Å²) in [5.41, 5.74) is 3.89. The van der Waals surface area contributed by atoms with Crippen LogP contribution in [0, 0.1) is 5.41 Å². The second-order valence-electron chi connectivity index (χ2n) is 12.0. The quantitative estimate of drug-likeness (QED) is 0.179. The number of hydrogen-bond donors (Lipinski definition) is 0. The number of benzene rings is 1. The van der Waals surface area contributed by atoms with Gasteiger partial charge in [0.05, 0.1) is 19.8 Å². The molecule has 5 rings (SSSR count). The van der Waals surface area contributed by atoms with Gasteiger partial charge in [0.15, 0.2) is 6.29 Å². The summed E-state index contributed by atoms with van der Waals surface area (Å²) in [7, 11) is 0. The molecule has 0 N–H and O–H groups in total. The summed E-state index contributed by atoms with van der Waals surface area (Å²) in [5.74, 6) is 0. The first-order chi connectivity index (χ1) is 17.7. The third-order valence-electron chi connectivity index (χ3n) is 9.49. The van der Waals surface area contributed by atoms with E-state index in [4.69, 9.17) is 14.2 Å². The van der Waals surface area contributed by atoms with Crippen molar-refractivity contribution in [3.63, 3.8) is 0 Å². The highest BCUT2D eigenvalue weighted by Crippen LogP contribution is 2.59. The van der Waals surface area contributed by atoms with Gasteiger partial charge in [-0.15, -0.1) is 0 Å². The third-order valence-corrected chi connectivity index (χ3v) is 9.49. The zero-order valence-corrected chi connectivity index (χ0v) is 23.3. The molecule has 1 aromatic carbocycles.